The van der Waals surface area contributed by atoms with Gasteiger partial charge in [0.2, 0.25) is 5.75 Å². The highest BCUT2D eigenvalue weighted by Crippen LogP contribution is 2.39. The Morgan fingerprint density at radius 1 is 1.00 bits per heavy atom. The molecule has 1 aliphatic heterocycles. The van der Waals surface area contributed by atoms with Crippen molar-refractivity contribution in [2.75, 3.05) is 4.90 Å². The van der Waals surface area contributed by atoms with Gasteiger partial charge in [0.1, 0.15) is 11.3 Å². The minimum atomic E-state index is -4.79. The third kappa shape index (κ3) is 5.62. The normalized spacial score (nSPS) is 15.0. The molecular formula is C24H12Cl2F3N3O5S. The second-order valence-corrected chi connectivity index (χ2v) is 8.89. The highest BCUT2D eigenvalue weighted by molar-refractivity contribution is 7.80. The zero-order chi connectivity index (χ0) is 27.8. The molecule has 1 heterocycles. The molecule has 0 spiro atoms. The fourth-order valence-corrected chi connectivity index (χ4v) is 4.01. The monoisotopic (exact) mass is 581 g/mol. The molecule has 38 heavy (non-hydrogen) atoms. The lowest BCUT2D eigenvalue weighted by molar-refractivity contribution is -0.385. The van der Waals surface area contributed by atoms with Crippen molar-refractivity contribution in [2.45, 2.75) is 6.18 Å². The van der Waals surface area contributed by atoms with E-state index in [1.165, 1.54) is 24.3 Å². The van der Waals surface area contributed by atoms with Gasteiger partial charge in [0.15, 0.2) is 5.11 Å². The van der Waals surface area contributed by atoms with Crippen molar-refractivity contribution in [3.05, 3.63) is 97.5 Å². The smallest absolute Gasteiger partial charge is 0.416 e. The van der Waals surface area contributed by atoms with Crippen LogP contribution in [-0.4, -0.2) is 21.9 Å². The second-order valence-electron chi connectivity index (χ2n) is 7.66. The standard InChI is InChI=1S/C24H12Cl2F3N3O5S/c25-14-3-5-15(6-4-14)31-22(34)16(21(33)30-23(31)38)9-12-1-7-19(17(26)10-12)37-20-8-2-13(24(27,28)29)11-18(20)32(35)36/h1-11H,(H,30,33,38)/b16-9+. The molecule has 194 valence electrons. The number of anilines is 1. The lowest BCUT2D eigenvalue weighted by atomic mass is 10.1. The molecule has 14 heteroatoms. The number of thiocarbonyl (C=S) groups is 1. The number of halogens is 5. The minimum Gasteiger partial charge on any atom is -0.449 e. The van der Waals surface area contributed by atoms with Gasteiger partial charge in [0.05, 0.1) is 21.2 Å². The molecule has 3 aromatic carbocycles. The molecule has 8 nitrogen and oxygen atoms in total. The van der Waals surface area contributed by atoms with Crippen LogP contribution in [0.2, 0.25) is 10.0 Å². The molecule has 3 aromatic rings. The number of carbonyl (C=O) groups excluding carboxylic acids is 2. The van der Waals surface area contributed by atoms with Gasteiger partial charge >= 0.3 is 11.9 Å². The number of hydrogen-bond acceptors (Lipinski definition) is 6. The van der Waals surface area contributed by atoms with Crippen molar-refractivity contribution < 1.29 is 32.4 Å². The quantitative estimate of drug-likeness (QED) is 0.121. The number of alkyl halides is 3. The number of nitrogens with zero attached hydrogens (tertiary/aromatic N) is 2. The molecular weight excluding hydrogens is 570 g/mol. The molecule has 1 aliphatic rings. The molecule has 0 atom stereocenters. The topological polar surface area (TPSA) is 102 Å². The van der Waals surface area contributed by atoms with Crippen LogP contribution in [0.15, 0.2) is 66.2 Å². The average Bonchev–Trinajstić information content (AvgIpc) is 2.84. The molecule has 0 aromatic heterocycles. The van der Waals surface area contributed by atoms with E-state index in [2.05, 4.69) is 5.32 Å². The van der Waals surface area contributed by atoms with Crippen molar-refractivity contribution in [3.8, 4) is 11.5 Å². The predicted molar refractivity (Wildman–Crippen MR) is 137 cm³/mol. The summed E-state index contributed by atoms with van der Waals surface area (Å²) in [5.74, 6) is -2.04. The molecule has 0 saturated carbocycles. The highest BCUT2D eigenvalue weighted by Gasteiger charge is 2.35. The Hall–Kier alpha value is -4.00. The molecule has 4 rings (SSSR count). The van der Waals surface area contributed by atoms with Crippen molar-refractivity contribution in [1.82, 2.24) is 5.32 Å². The zero-order valence-electron chi connectivity index (χ0n) is 18.6. The Morgan fingerprint density at radius 2 is 1.66 bits per heavy atom. The summed E-state index contributed by atoms with van der Waals surface area (Å²) in [6.07, 6.45) is -3.54. The maximum Gasteiger partial charge on any atom is 0.416 e. The van der Waals surface area contributed by atoms with E-state index in [0.717, 1.165) is 11.0 Å². The Balaban J connectivity index is 1.63. The van der Waals surface area contributed by atoms with E-state index in [-0.39, 0.29) is 27.0 Å². The van der Waals surface area contributed by atoms with Gasteiger partial charge in [0.25, 0.3) is 11.8 Å². The van der Waals surface area contributed by atoms with Crippen LogP contribution >= 0.6 is 35.4 Å². The van der Waals surface area contributed by atoms with E-state index in [9.17, 15) is 32.9 Å². The maximum atomic E-state index is 13.1. The highest BCUT2D eigenvalue weighted by atomic mass is 35.5. The van der Waals surface area contributed by atoms with Gasteiger partial charge in [-0.25, -0.2) is 0 Å². The van der Waals surface area contributed by atoms with Crippen molar-refractivity contribution >= 4 is 69.8 Å². The lowest BCUT2D eigenvalue weighted by Crippen LogP contribution is -2.54. The van der Waals surface area contributed by atoms with Gasteiger partial charge in [0, 0.05) is 11.1 Å². The van der Waals surface area contributed by atoms with Crippen LogP contribution < -0.4 is 15.0 Å². The summed E-state index contributed by atoms with van der Waals surface area (Å²) in [5, 5.41) is 14.0. The second kappa shape index (κ2) is 10.4. The van der Waals surface area contributed by atoms with Gasteiger partial charge in [-0.05, 0) is 72.4 Å². The first-order valence-electron chi connectivity index (χ1n) is 10.3. The summed E-state index contributed by atoms with van der Waals surface area (Å²) in [4.78, 5) is 37.0. The molecule has 0 bridgehead atoms. The number of amides is 2. The number of benzene rings is 3. The van der Waals surface area contributed by atoms with E-state index in [1.54, 1.807) is 24.3 Å². The van der Waals surface area contributed by atoms with Crippen molar-refractivity contribution in [2.24, 2.45) is 0 Å². The molecule has 2 amide bonds. The summed E-state index contributed by atoms with van der Waals surface area (Å²) in [6, 6.07) is 12.0. The Morgan fingerprint density at radius 3 is 2.26 bits per heavy atom. The Labute approximate surface area is 227 Å². The van der Waals surface area contributed by atoms with Gasteiger partial charge in [-0.2, -0.15) is 13.2 Å². The summed E-state index contributed by atoms with van der Waals surface area (Å²) in [6.45, 7) is 0. The molecule has 1 saturated heterocycles. The molecule has 1 fully saturated rings. The number of hydrogen-bond donors (Lipinski definition) is 1. The van der Waals surface area contributed by atoms with Crippen LogP contribution in [-0.2, 0) is 15.8 Å². The van der Waals surface area contributed by atoms with E-state index in [1.807, 2.05) is 0 Å². The lowest BCUT2D eigenvalue weighted by Gasteiger charge is -2.29. The SMILES string of the molecule is O=C1NC(=S)N(c2ccc(Cl)cc2)C(=O)/C1=C/c1ccc(Oc2ccc(C(F)(F)F)cc2[N+](=O)[O-])c(Cl)c1. The van der Waals surface area contributed by atoms with Gasteiger partial charge in [-0.3, -0.25) is 29.9 Å². The molecule has 0 radical (unpaired) electrons. The number of nitrogens with one attached hydrogen (secondary N) is 1. The fraction of sp³-hybridized carbons (Fsp3) is 0.0417. The van der Waals surface area contributed by atoms with Gasteiger partial charge < -0.3 is 4.74 Å². The molecule has 1 N–H and O–H groups in total. The largest absolute Gasteiger partial charge is 0.449 e. The average molecular weight is 582 g/mol. The number of carbonyl (C=O) groups is 2. The van der Waals surface area contributed by atoms with E-state index >= 15 is 0 Å². The van der Waals surface area contributed by atoms with Crippen LogP contribution in [0.4, 0.5) is 24.5 Å². The first-order chi connectivity index (χ1) is 17.8. The Bertz CT molecular complexity index is 1530. The first-order valence-corrected chi connectivity index (χ1v) is 11.5. The van der Waals surface area contributed by atoms with Crippen LogP contribution in [0.1, 0.15) is 11.1 Å². The number of nitro groups is 1. The van der Waals surface area contributed by atoms with E-state index in [0.29, 0.717) is 22.8 Å². The van der Waals surface area contributed by atoms with Gasteiger partial charge in [-0.1, -0.05) is 29.3 Å². The van der Waals surface area contributed by atoms with Crippen LogP contribution in [0.5, 0.6) is 11.5 Å². The number of nitro benzene ring substituents is 1. The summed E-state index contributed by atoms with van der Waals surface area (Å²) in [5.41, 5.74) is -1.74. The summed E-state index contributed by atoms with van der Waals surface area (Å²) < 4.78 is 44.2. The number of rotatable bonds is 5. The predicted octanol–water partition coefficient (Wildman–Crippen LogP) is 6.54. The van der Waals surface area contributed by atoms with Crippen molar-refractivity contribution in [3.63, 3.8) is 0 Å². The molecule has 0 aliphatic carbocycles. The minimum absolute atomic E-state index is 0.0951. The van der Waals surface area contributed by atoms with E-state index < -0.39 is 39.9 Å². The van der Waals surface area contributed by atoms with Crippen LogP contribution in [0, 0.1) is 10.1 Å². The first kappa shape index (κ1) is 27.0. The summed E-state index contributed by atoms with van der Waals surface area (Å²) >= 11 is 17.3. The van der Waals surface area contributed by atoms with Crippen molar-refractivity contribution in [1.29, 1.82) is 0 Å². The zero-order valence-corrected chi connectivity index (χ0v) is 20.9. The third-order valence-corrected chi connectivity index (χ3v) is 5.99. The third-order valence-electron chi connectivity index (χ3n) is 5.16. The summed E-state index contributed by atoms with van der Waals surface area (Å²) in [7, 11) is 0. The fourth-order valence-electron chi connectivity index (χ4n) is 3.38. The van der Waals surface area contributed by atoms with E-state index in [4.69, 9.17) is 40.2 Å². The van der Waals surface area contributed by atoms with Crippen LogP contribution in [0.3, 0.4) is 0 Å². The Kier molecular flexibility index (Phi) is 7.40. The maximum absolute atomic E-state index is 13.1. The number of ether oxygens (including phenoxy) is 1. The van der Waals surface area contributed by atoms with Gasteiger partial charge in [-0.15, -0.1) is 0 Å². The van der Waals surface area contributed by atoms with Crippen LogP contribution in [0.25, 0.3) is 6.08 Å². The molecule has 0 unspecified atom stereocenters.